The molecular formula is C17H24FN5. The summed E-state index contributed by atoms with van der Waals surface area (Å²) in [5.41, 5.74) is -0.825. The van der Waals surface area contributed by atoms with Crippen LogP contribution < -0.4 is 0 Å². The van der Waals surface area contributed by atoms with Gasteiger partial charge in [0, 0.05) is 24.7 Å². The molecule has 1 aliphatic heterocycles. The molecule has 23 heavy (non-hydrogen) atoms. The summed E-state index contributed by atoms with van der Waals surface area (Å²) in [6, 6.07) is 5.44. The molecule has 3 rings (SSSR count). The molecule has 0 saturated carbocycles. The highest BCUT2D eigenvalue weighted by atomic mass is 19.1. The van der Waals surface area contributed by atoms with Gasteiger partial charge < -0.3 is 0 Å². The van der Waals surface area contributed by atoms with Crippen LogP contribution >= 0.6 is 0 Å². The lowest BCUT2D eigenvalue weighted by Crippen LogP contribution is -2.40. The lowest BCUT2D eigenvalue weighted by molar-refractivity contribution is 0.0480. The summed E-state index contributed by atoms with van der Waals surface area (Å²) >= 11 is 0. The Kier molecular flexibility index (Phi) is 4.19. The van der Waals surface area contributed by atoms with E-state index in [0.29, 0.717) is 38.2 Å². The van der Waals surface area contributed by atoms with Gasteiger partial charge in [0.15, 0.2) is 11.5 Å². The third-order valence-corrected chi connectivity index (χ3v) is 4.35. The molecule has 5 nitrogen and oxygen atoms in total. The first kappa shape index (κ1) is 16.1. The second-order valence-electron chi connectivity index (χ2n) is 7.31. The fraction of sp³-hybridized carbons (Fsp3) is 0.588. The quantitative estimate of drug-likeness (QED) is 0.945. The highest BCUT2D eigenvalue weighted by molar-refractivity contribution is 5.14. The Morgan fingerprint density at radius 3 is 2.57 bits per heavy atom. The molecule has 6 heteroatoms. The Morgan fingerprint density at radius 2 is 2.00 bits per heavy atom. The molecule has 2 aromatic heterocycles. The van der Waals surface area contributed by atoms with Crippen LogP contribution in [0.15, 0.2) is 24.4 Å². The predicted molar refractivity (Wildman–Crippen MR) is 86.6 cm³/mol. The maximum atomic E-state index is 15.1. The van der Waals surface area contributed by atoms with Gasteiger partial charge in [-0.25, -0.2) is 9.37 Å². The lowest BCUT2D eigenvalue weighted by atomic mass is 9.89. The van der Waals surface area contributed by atoms with Crippen molar-refractivity contribution in [3.63, 3.8) is 0 Å². The predicted octanol–water partition coefficient (Wildman–Crippen LogP) is 2.96. The van der Waals surface area contributed by atoms with Crippen LogP contribution in [0.25, 0.3) is 0 Å². The van der Waals surface area contributed by atoms with Crippen molar-refractivity contribution in [2.75, 3.05) is 13.1 Å². The van der Waals surface area contributed by atoms with Gasteiger partial charge in [-0.2, -0.15) is 5.10 Å². The molecule has 1 aliphatic rings. The molecule has 124 valence electrons. The topological polar surface area (TPSA) is 57.7 Å². The van der Waals surface area contributed by atoms with Crippen molar-refractivity contribution in [3.8, 4) is 0 Å². The molecule has 1 fully saturated rings. The highest BCUT2D eigenvalue weighted by Gasteiger charge is 2.37. The SMILES string of the molecule is CC(C)(C)c1n[nH]c(CN2CCC(F)(c3ccccn3)CC2)n1. The molecule has 0 spiro atoms. The van der Waals surface area contributed by atoms with Crippen molar-refractivity contribution >= 4 is 0 Å². The average Bonchev–Trinajstić information content (AvgIpc) is 3.00. The summed E-state index contributed by atoms with van der Waals surface area (Å²) in [7, 11) is 0. The maximum Gasteiger partial charge on any atom is 0.156 e. The van der Waals surface area contributed by atoms with E-state index in [1.807, 2.05) is 12.1 Å². The molecule has 0 bridgehead atoms. The summed E-state index contributed by atoms with van der Waals surface area (Å²) < 4.78 is 15.1. The van der Waals surface area contributed by atoms with Gasteiger partial charge >= 0.3 is 0 Å². The maximum absolute atomic E-state index is 15.1. The van der Waals surface area contributed by atoms with E-state index in [0.717, 1.165) is 11.6 Å². The zero-order chi connectivity index (χ0) is 16.5. The van der Waals surface area contributed by atoms with Crippen molar-refractivity contribution in [1.29, 1.82) is 0 Å². The third kappa shape index (κ3) is 3.58. The highest BCUT2D eigenvalue weighted by Crippen LogP contribution is 2.35. The van der Waals surface area contributed by atoms with Gasteiger partial charge in [0.2, 0.25) is 0 Å². The summed E-state index contributed by atoms with van der Waals surface area (Å²) in [5, 5.41) is 7.29. The normalized spacial score (nSPS) is 19.0. The number of aromatic nitrogens is 4. The zero-order valence-corrected chi connectivity index (χ0v) is 14.0. The minimum atomic E-state index is -1.31. The largest absolute Gasteiger partial charge is 0.296 e. The number of hydrogen-bond acceptors (Lipinski definition) is 4. The van der Waals surface area contributed by atoms with Crippen LogP contribution in [0.2, 0.25) is 0 Å². The Labute approximate surface area is 136 Å². The van der Waals surface area contributed by atoms with E-state index < -0.39 is 5.67 Å². The Hall–Kier alpha value is -1.82. The van der Waals surface area contributed by atoms with Crippen LogP contribution in [-0.4, -0.2) is 38.2 Å². The van der Waals surface area contributed by atoms with Crippen LogP contribution in [-0.2, 0) is 17.6 Å². The van der Waals surface area contributed by atoms with Crippen LogP contribution in [0.3, 0.4) is 0 Å². The smallest absolute Gasteiger partial charge is 0.156 e. The molecule has 0 radical (unpaired) electrons. The van der Waals surface area contributed by atoms with Gasteiger partial charge in [0.05, 0.1) is 12.2 Å². The van der Waals surface area contributed by atoms with E-state index in [1.165, 1.54) is 0 Å². The van der Waals surface area contributed by atoms with E-state index in [2.05, 4.69) is 45.8 Å². The van der Waals surface area contributed by atoms with Crippen LogP contribution in [0, 0.1) is 0 Å². The number of aromatic amines is 1. The minimum Gasteiger partial charge on any atom is -0.296 e. The molecule has 1 saturated heterocycles. The van der Waals surface area contributed by atoms with Crippen LogP contribution in [0.5, 0.6) is 0 Å². The van der Waals surface area contributed by atoms with Gasteiger partial charge in [-0.1, -0.05) is 26.8 Å². The van der Waals surface area contributed by atoms with E-state index in [-0.39, 0.29) is 5.41 Å². The molecule has 0 atom stereocenters. The average molecular weight is 317 g/mol. The first-order valence-electron chi connectivity index (χ1n) is 8.11. The fourth-order valence-corrected chi connectivity index (χ4v) is 2.86. The Morgan fingerprint density at radius 1 is 1.26 bits per heavy atom. The van der Waals surface area contributed by atoms with Crippen molar-refractivity contribution in [3.05, 3.63) is 41.7 Å². The monoisotopic (exact) mass is 317 g/mol. The van der Waals surface area contributed by atoms with E-state index >= 15 is 4.39 Å². The van der Waals surface area contributed by atoms with Crippen LogP contribution in [0.4, 0.5) is 4.39 Å². The first-order valence-corrected chi connectivity index (χ1v) is 8.11. The Balaban J connectivity index is 1.60. The number of alkyl halides is 1. The van der Waals surface area contributed by atoms with E-state index in [4.69, 9.17) is 0 Å². The molecule has 1 N–H and O–H groups in total. The summed E-state index contributed by atoms with van der Waals surface area (Å²) in [6.45, 7) is 8.33. The van der Waals surface area contributed by atoms with Crippen molar-refractivity contribution in [1.82, 2.24) is 25.1 Å². The molecule has 0 amide bonds. The number of hydrogen-bond donors (Lipinski definition) is 1. The standard InChI is InChI=1S/C17H24FN5/c1-16(2,3)15-20-14(21-22-15)12-23-10-7-17(18,8-11-23)13-6-4-5-9-19-13/h4-6,9H,7-8,10-12H2,1-3H3,(H,20,21,22). The lowest BCUT2D eigenvalue weighted by Gasteiger charge is -2.35. The molecule has 0 aliphatic carbocycles. The molecule has 0 aromatic carbocycles. The van der Waals surface area contributed by atoms with E-state index in [1.54, 1.807) is 12.3 Å². The molecular weight excluding hydrogens is 293 g/mol. The second kappa shape index (κ2) is 6.00. The van der Waals surface area contributed by atoms with Gasteiger partial charge in [-0.3, -0.25) is 15.0 Å². The van der Waals surface area contributed by atoms with Crippen LogP contribution in [0.1, 0.15) is 51.0 Å². The van der Waals surface area contributed by atoms with E-state index in [9.17, 15) is 0 Å². The van der Waals surface area contributed by atoms with Crippen molar-refractivity contribution in [2.24, 2.45) is 0 Å². The summed E-state index contributed by atoms with van der Waals surface area (Å²) in [6.07, 6.45) is 2.58. The number of rotatable bonds is 3. The van der Waals surface area contributed by atoms with Gasteiger partial charge in [-0.15, -0.1) is 0 Å². The van der Waals surface area contributed by atoms with Crippen molar-refractivity contribution in [2.45, 2.75) is 51.2 Å². The molecule has 0 unspecified atom stereocenters. The third-order valence-electron chi connectivity index (χ3n) is 4.35. The van der Waals surface area contributed by atoms with Gasteiger partial charge in [-0.05, 0) is 25.0 Å². The zero-order valence-electron chi connectivity index (χ0n) is 14.0. The minimum absolute atomic E-state index is 0.0658. The second-order valence-corrected chi connectivity index (χ2v) is 7.31. The number of nitrogens with one attached hydrogen (secondary N) is 1. The van der Waals surface area contributed by atoms with Gasteiger partial charge in [0.1, 0.15) is 5.82 Å². The summed E-state index contributed by atoms with van der Waals surface area (Å²) in [4.78, 5) is 11.0. The van der Waals surface area contributed by atoms with Crippen molar-refractivity contribution < 1.29 is 4.39 Å². The number of pyridine rings is 1. The number of likely N-dealkylation sites (tertiary alicyclic amines) is 1. The van der Waals surface area contributed by atoms with Gasteiger partial charge in [0.25, 0.3) is 0 Å². The fourth-order valence-electron chi connectivity index (χ4n) is 2.86. The number of nitrogens with zero attached hydrogens (tertiary/aromatic N) is 4. The first-order chi connectivity index (χ1) is 10.9. The summed E-state index contributed by atoms with van der Waals surface area (Å²) in [5.74, 6) is 1.66. The number of H-pyrrole nitrogens is 1. The number of halogens is 1. The molecule has 2 aromatic rings. The number of piperidine rings is 1. The Bertz CT molecular complexity index is 639. The molecule has 3 heterocycles.